The van der Waals surface area contributed by atoms with Crippen LogP contribution in [-0.2, 0) is 4.79 Å². The van der Waals surface area contributed by atoms with Gasteiger partial charge in [0.05, 0.1) is 0 Å². The van der Waals surface area contributed by atoms with Crippen molar-refractivity contribution in [1.82, 2.24) is 10.2 Å². The van der Waals surface area contributed by atoms with Gasteiger partial charge in [-0.25, -0.2) is 4.79 Å². The molecule has 0 radical (unpaired) electrons. The lowest BCUT2D eigenvalue weighted by molar-refractivity contribution is -0.127. The van der Waals surface area contributed by atoms with Crippen molar-refractivity contribution in [1.29, 1.82) is 0 Å². The van der Waals surface area contributed by atoms with Gasteiger partial charge in [0.15, 0.2) is 0 Å². The Balaban J connectivity index is 2.19. The molecule has 2 atom stereocenters. The van der Waals surface area contributed by atoms with Crippen LogP contribution in [0.1, 0.15) is 45.1 Å². The summed E-state index contributed by atoms with van der Waals surface area (Å²) < 4.78 is 0. The summed E-state index contributed by atoms with van der Waals surface area (Å²) in [7, 11) is 0. The minimum Gasteiger partial charge on any atom is -0.465 e. The van der Waals surface area contributed by atoms with Crippen LogP contribution in [0.25, 0.3) is 0 Å². The van der Waals surface area contributed by atoms with E-state index in [0.717, 1.165) is 6.42 Å². The standard InChI is InChI=1S/C17H24N2O3/c1-17(2,3)19(16(21)22)14-10-9-13(11-18-15(14)20)12-7-5-4-6-8-12/h4-8,13-14H,9-11H2,1-3H3,(H,18,20)(H,21,22)/t13-,14+/m0/s1. The Labute approximate surface area is 131 Å². The van der Waals surface area contributed by atoms with Gasteiger partial charge in [-0.2, -0.15) is 0 Å². The number of carbonyl (C=O) groups is 2. The smallest absolute Gasteiger partial charge is 0.408 e. The van der Waals surface area contributed by atoms with Crippen LogP contribution in [0.5, 0.6) is 0 Å². The zero-order valence-electron chi connectivity index (χ0n) is 13.4. The normalized spacial score (nSPS) is 22.6. The van der Waals surface area contributed by atoms with E-state index in [1.54, 1.807) is 0 Å². The van der Waals surface area contributed by atoms with Gasteiger partial charge in [0.25, 0.3) is 0 Å². The molecule has 5 nitrogen and oxygen atoms in total. The number of hydrogen-bond donors (Lipinski definition) is 2. The van der Waals surface area contributed by atoms with E-state index in [0.29, 0.717) is 13.0 Å². The minimum absolute atomic E-state index is 0.198. The van der Waals surface area contributed by atoms with Gasteiger partial charge in [0.2, 0.25) is 5.91 Å². The van der Waals surface area contributed by atoms with Gasteiger partial charge < -0.3 is 10.4 Å². The van der Waals surface area contributed by atoms with Crippen LogP contribution in [-0.4, -0.2) is 40.1 Å². The van der Waals surface area contributed by atoms with E-state index in [4.69, 9.17) is 0 Å². The van der Waals surface area contributed by atoms with E-state index in [2.05, 4.69) is 17.4 Å². The summed E-state index contributed by atoms with van der Waals surface area (Å²) in [6.45, 7) is 5.99. The third kappa shape index (κ3) is 3.59. The second-order valence-electron chi connectivity index (χ2n) is 6.77. The molecule has 0 aromatic heterocycles. The van der Waals surface area contributed by atoms with Crippen LogP contribution < -0.4 is 5.32 Å². The molecule has 0 bridgehead atoms. The Kier molecular flexibility index (Phi) is 4.74. The summed E-state index contributed by atoms with van der Waals surface area (Å²) >= 11 is 0. The highest BCUT2D eigenvalue weighted by molar-refractivity contribution is 5.86. The fourth-order valence-corrected chi connectivity index (χ4v) is 3.08. The molecule has 0 aliphatic carbocycles. The van der Waals surface area contributed by atoms with E-state index in [1.807, 2.05) is 39.0 Å². The van der Waals surface area contributed by atoms with Crippen molar-refractivity contribution in [3.8, 4) is 0 Å². The van der Waals surface area contributed by atoms with Crippen LogP contribution >= 0.6 is 0 Å². The van der Waals surface area contributed by atoms with Crippen molar-refractivity contribution in [2.24, 2.45) is 0 Å². The van der Waals surface area contributed by atoms with Gasteiger partial charge >= 0.3 is 6.09 Å². The molecule has 1 aromatic rings. The number of hydrogen-bond acceptors (Lipinski definition) is 2. The lowest BCUT2D eigenvalue weighted by Gasteiger charge is -2.38. The van der Waals surface area contributed by atoms with E-state index < -0.39 is 17.7 Å². The monoisotopic (exact) mass is 304 g/mol. The zero-order valence-corrected chi connectivity index (χ0v) is 13.4. The van der Waals surface area contributed by atoms with E-state index in [1.165, 1.54) is 10.5 Å². The van der Waals surface area contributed by atoms with Gasteiger partial charge in [0.1, 0.15) is 6.04 Å². The molecule has 1 aliphatic heterocycles. The number of carbonyl (C=O) groups excluding carboxylic acids is 1. The summed E-state index contributed by atoms with van der Waals surface area (Å²) in [6.07, 6.45) is 0.271. The fraction of sp³-hybridized carbons (Fsp3) is 0.529. The number of amides is 2. The third-order valence-electron chi connectivity index (χ3n) is 4.13. The van der Waals surface area contributed by atoms with Gasteiger partial charge in [0, 0.05) is 18.0 Å². The first-order chi connectivity index (χ1) is 10.3. The molecule has 1 aromatic carbocycles. The Hall–Kier alpha value is -2.04. The van der Waals surface area contributed by atoms with Crippen molar-refractivity contribution < 1.29 is 14.7 Å². The molecule has 1 heterocycles. The number of carboxylic acid groups (broad SMARTS) is 1. The molecule has 2 amide bonds. The van der Waals surface area contributed by atoms with Crippen molar-refractivity contribution in [2.75, 3.05) is 6.54 Å². The first kappa shape index (κ1) is 16.3. The lowest BCUT2D eigenvalue weighted by atomic mass is 9.92. The molecular weight excluding hydrogens is 280 g/mol. The third-order valence-corrected chi connectivity index (χ3v) is 4.13. The fourth-order valence-electron chi connectivity index (χ4n) is 3.08. The predicted octanol–water partition coefficient (Wildman–Crippen LogP) is 2.83. The minimum atomic E-state index is -1.05. The van der Waals surface area contributed by atoms with Gasteiger partial charge in [-0.3, -0.25) is 9.69 Å². The van der Waals surface area contributed by atoms with E-state index in [-0.39, 0.29) is 11.8 Å². The van der Waals surface area contributed by atoms with Crippen molar-refractivity contribution in [2.45, 2.75) is 51.1 Å². The molecule has 0 saturated carbocycles. The molecule has 0 spiro atoms. The molecule has 120 valence electrons. The summed E-state index contributed by atoms with van der Waals surface area (Å²) in [4.78, 5) is 25.2. The second kappa shape index (κ2) is 6.38. The van der Waals surface area contributed by atoms with E-state index in [9.17, 15) is 14.7 Å². The van der Waals surface area contributed by atoms with Crippen LogP contribution in [0.4, 0.5) is 4.79 Å². The van der Waals surface area contributed by atoms with Gasteiger partial charge in [-0.1, -0.05) is 30.3 Å². The average Bonchev–Trinajstić information content (AvgIpc) is 2.61. The topological polar surface area (TPSA) is 69.6 Å². The summed E-state index contributed by atoms with van der Waals surface area (Å²) in [5.74, 6) is 0.0292. The van der Waals surface area contributed by atoms with Crippen LogP contribution in [0.15, 0.2) is 30.3 Å². The highest BCUT2D eigenvalue weighted by Gasteiger charge is 2.39. The summed E-state index contributed by atoms with van der Waals surface area (Å²) in [6, 6.07) is 9.40. The van der Waals surface area contributed by atoms with Crippen LogP contribution in [0.2, 0.25) is 0 Å². The maximum absolute atomic E-state index is 12.4. The molecule has 22 heavy (non-hydrogen) atoms. The number of nitrogens with one attached hydrogen (secondary N) is 1. The van der Waals surface area contributed by atoms with Crippen LogP contribution in [0.3, 0.4) is 0 Å². The quantitative estimate of drug-likeness (QED) is 0.882. The molecule has 2 N–H and O–H groups in total. The molecule has 5 heteroatoms. The average molecular weight is 304 g/mol. The highest BCUT2D eigenvalue weighted by atomic mass is 16.4. The van der Waals surface area contributed by atoms with Crippen molar-refractivity contribution >= 4 is 12.0 Å². The van der Waals surface area contributed by atoms with Gasteiger partial charge in [-0.15, -0.1) is 0 Å². The van der Waals surface area contributed by atoms with Crippen molar-refractivity contribution in [3.63, 3.8) is 0 Å². The molecule has 1 aliphatic rings. The summed E-state index contributed by atoms with van der Waals surface area (Å²) in [5.41, 5.74) is 0.571. The Bertz CT molecular complexity index is 537. The molecule has 1 fully saturated rings. The van der Waals surface area contributed by atoms with Gasteiger partial charge in [-0.05, 0) is 39.2 Å². The first-order valence-corrected chi connectivity index (χ1v) is 7.65. The first-order valence-electron chi connectivity index (χ1n) is 7.65. The Morgan fingerprint density at radius 3 is 2.41 bits per heavy atom. The molecule has 2 rings (SSSR count). The largest absolute Gasteiger partial charge is 0.465 e. The number of benzene rings is 1. The predicted molar refractivity (Wildman–Crippen MR) is 84.8 cm³/mol. The Morgan fingerprint density at radius 1 is 1.23 bits per heavy atom. The number of rotatable bonds is 2. The van der Waals surface area contributed by atoms with Crippen LogP contribution in [0, 0.1) is 0 Å². The number of nitrogens with zero attached hydrogens (tertiary/aromatic N) is 1. The lowest BCUT2D eigenvalue weighted by Crippen LogP contribution is -2.56. The Morgan fingerprint density at radius 2 is 1.86 bits per heavy atom. The maximum Gasteiger partial charge on any atom is 0.408 e. The SMILES string of the molecule is CC(C)(C)N(C(=O)O)[C@@H]1CC[C@H](c2ccccc2)CNC1=O. The molecular formula is C17H24N2O3. The van der Waals surface area contributed by atoms with E-state index >= 15 is 0 Å². The molecule has 0 unspecified atom stereocenters. The second-order valence-corrected chi connectivity index (χ2v) is 6.77. The van der Waals surface area contributed by atoms with Crippen molar-refractivity contribution in [3.05, 3.63) is 35.9 Å². The maximum atomic E-state index is 12.4. The zero-order chi connectivity index (χ0) is 16.3. The molecule has 1 saturated heterocycles. The summed E-state index contributed by atoms with van der Waals surface area (Å²) in [5, 5.41) is 12.4. The highest BCUT2D eigenvalue weighted by Crippen LogP contribution is 2.28.